The van der Waals surface area contributed by atoms with Crippen LogP contribution in [0.1, 0.15) is 5.56 Å². The maximum atomic E-state index is 13.0. The second kappa shape index (κ2) is 7.04. The number of hydrazine groups is 1. The molecule has 19 heavy (non-hydrogen) atoms. The van der Waals surface area contributed by atoms with Gasteiger partial charge in [-0.2, -0.15) is 13.2 Å². The molecule has 3 nitrogen and oxygen atoms in total. The Bertz CT molecular complexity index is 414. The summed E-state index contributed by atoms with van der Waals surface area (Å²) in [4.78, 5) is 0. The smallest absolute Gasteiger partial charge is 0.370 e. The number of hydrogen-bond acceptors (Lipinski definition) is 3. The van der Waals surface area contributed by atoms with Crippen molar-refractivity contribution in [2.75, 3.05) is 13.2 Å². The molecule has 0 aliphatic rings. The number of nitrogens with one attached hydrogen (secondary N) is 1. The normalized spacial score (nSPS) is 13.6. The van der Waals surface area contributed by atoms with Crippen molar-refractivity contribution in [1.29, 1.82) is 0 Å². The lowest BCUT2D eigenvalue weighted by atomic mass is 10.1. The molecular weight excluding hydrogens is 288 g/mol. The van der Waals surface area contributed by atoms with Crippen LogP contribution in [0, 0.1) is 5.82 Å². The van der Waals surface area contributed by atoms with Gasteiger partial charge in [-0.1, -0.05) is 11.6 Å². The van der Waals surface area contributed by atoms with Crippen LogP contribution in [0.5, 0.6) is 0 Å². The molecule has 3 N–H and O–H groups in total. The predicted molar refractivity (Wildman–Crippen MR) is 63.1 cm³/mol. The predicted octanol–water partition coefficient (Wildman–Crippen LogP) is 2.43. The van der Waals surface area contributed by atoms with E-state index >= 15 is 0 Å². The number of alkyl halides is 3. The zero-order valence-corrected chi connectivity index (χ0v) is 10.6. The van der Waals surface area contributed by atoms with Gasteiger partial charge in [0.25, 0.3) is 0 Å². The zero-order chi connectivity index (χ0) is 14.5. The van der Waals surface area contributed by atoms with Gasteiger partial charge in [-0.3, -0.25) is 11.3 Å². The number of nitrogens with two attached hydrogens (primary N) is 1. The van der Waals surface area contributed by atoms with Crippen LogP contribution in [0.3, 0.4) is 0 Å². The van der Waals surface area contributed by atoms with E-state index in [-0.39, 0.29) is 13.0 Å². The summed E-state index contributed by atoms with van der Waals surface area (Å²) >= 11 is 5.85. The van der Waals surface area contributed by atoms with E-state index in [2.05, 4.69) is 10.2 Å². The summed E-state index contributed by atoms with van der Waals surface area (Å²) in [6.07, 6.45) is -4.24. The fourth-order valence-electron chi connectivity index (χ4n) is 1.45. The van der Waals surface area contributed by atoms with Crippen LogP contribution in [0.2, 0.25) is 5.02 Å². The average molecular weight is 301 g/mol. The topological polar surface area (TPSA) is 47.3 Å². The van der Waals surface area contributed by atoms with Gasteiger partial charge in [-0.05, 0) is 30.2 Å². The summed E-state index contributed by atoms with van der Waals surface area (Å²) in [6, 6.07) is 3.17. The maximum absolute atomic E-state index is 13.0. The van der Waals surface area contributed by atoms with Gasteiger partial charge in [-0.15, -0.1) is 0 Å². The molecule has 1 rings (SSSR count). The summed E-state index contributed by atoms with van der Waals surface area (Å²) in [5.74, 6) is 4.73. The van der Waals surface area contributed by atoms with Crippen LogP contribution in [-0.4, -0.2) is 25.4 Å². The molecule has 8 heteroatoms. The lowest BCUT2D eigenvalue weighted by Crippen LogP contribution is -2.41. The highest BCUT2D eigenvalue weighted by Crippen LogP contribution is 2.19. The molecule has 0 saturated carbocycles. The number of halogens is 5. The van der Waals surface area contributed by atoms with Crippen molar-refractivity contribution in [2.45, 2.75) is 18.6 Å². The van der Waals surface area contributed by atoms with Crippen molar-refractivity contribution < 1.29 is 22.3 Å². The molecule has 0 fully saturated rings. The van der Waals surface area contributed by atoms with Gasteiger partial charge in [0.1, 0.15) is 12.4 Å². The third kappa shape index (κ3) is 6.20. The molecule has 0 spiro atoms. The molecule has 0 saturated heterocycles. The second-order valence-electron chi connectivity index (χ2n) is 3.93. The minimum Gasteiger partial charge on any atom is -0.370 e. The first-order valence-corrected chi connectivity index (χ1v) is 5.74. The van der Waals surface area contributed by atoms with Gasteiger partial charge in [-0.25, -0.2) is 4.39 Å². The van der Waals surface area contributed by atoms with Gasteiger partial charge in [0.05, 0.1) is 6.61 Å². The fraction of sp³-hybridized carbons (Fsp3) is 0.455. The summed E-state index contributed by atoms with van der Waals surface area (Å²) in [5, 5.41) is 0.317. The first-order valence-electron chi connectivity index (χ1n) is 5.36. The molecule has 1 unspecified atom stereocenters. The van der Waals surface area contributed by atoms with E-state index in [4.69, 9.17) is 17.4 Å². The Labute approximate surface area is 112 Å². The van der Waals surface area contributed by atoms with Gasteiger partial charge in [0.2, 0.25) is 0 Å². The van der Waals surface area contributed by atoms with Gasteiger partial charge in [0, 0.05) is 11.1 Å². The SMILES string of the molecule is NNC(COCC(F)(F)F)Cc1cc(F)ccc1Cl. The minimum atomic E-state index is -4.39. The lowest BCUT2D eigenvalue weighted by molar-refractivity contribution is -0.175. The molecule has 0 amide bonds. The summed E-state index contributed by atoms with van der Waals surface area (Å²) < 4.78 is 53.2. The first-order chi connectivity index (χ1) is 8.81. The lowest BCUT2D eigenvalue weighted by Gasteiger charge is -2.17. The second-order valence-corrected chi connectivity index (χ2v) is 4.34. The largest absolute Gasteiger partial charge is 0.411 e. The average Bonchev–Trinajstić information content (AvgIpc) is 2.30. The van der Waals surface area contributed by atoms with Crippen LogP contribution in [0.25, 0.3) is 0 Å². The van der Waals surface area contributed by atoms with Crippen LogP contribution < -0.4 is 11.3 Å². The van der Waals surface area contributed by atoms with Crippen LogP contribution >= 0.6 is 11.6 Å². The number of rotatable bonds is 6. The Morgan fingerprint density at radius 2 is 2.05 bits per heavy atom. The van der Waals surface area contributed by atoms with E-state index in [0.29, 0.717) is 10.6 Å². The Morgan fingerprint density at radius 1 is 1.37 bits per heavy atom. The van der Waals surface area contributed by atoms with E-state index in [1.807, 2.05) is 0 Å². The molecule has 1 aromatic carbocycles. The molecule has 0 aliphatic carbocycles. The standard InChI is InChI=1S/C11H13ClF4N2O/c12-10-2-1-8(13)3-7(10)4-9(18-17)5-19-6-11(14,15)16/h1-3,9,18H,4-6,17H2. The van der Waals surface area contributed by atoms with Gasteiger partial charge in [0.15, 0.2) is 0 Å². The fourth-order valence-corrected chi connectivity index (χ4v) is 1.64. The highest BCUT2D eigenvalue weighted by Gasteiger charge is 2.27. The zero-order valence-electron chi connectivity index (χ0n) is 9.81. The molecule has 0 aliphatic heterocycles. The van der Waals surface area contributed by atoms with E-state index in [0.717, 1.165) is 0 Å². The number of ether oxygens (including phenoxy) is 1. The highest BCUT2D eigenvalue weighted by atomic mass is 35.5. The Morgan fingerprint density at radius 3 is 2.63 bits per heavy atom. The number of hydrogen-bond donors (Lipinski definition) is 2. The van der Waals surface area contributed by atoms with E-state index < -0.39 is 24.6 Å². The van der Waals surface area contributed by atoms with Crippen LogP contribution in [-0.2, 0) is 11.2 Å². The first kappa shape index (κ1) is 16.2. The molecule has 108 valence electrons. The van der Waals surface area contributed by atoms with Crippen molar-refractivity contribution in [3.05, 3.63) is 34.6 Å². The third-order valence-corrected chi connectivity index (χ3v) is 2.66. The Hall–Kier alpha value is -0.890. The van der Waals surface area contributed by atoms with E-state index in [1.54, 1.807) is 0 Å². The molecule has 1 aromatic rings. The molecule has 0 heterocycles. The Balaban J connectivity index is 2.54. The molecular formula is C11H13ClF4N2O. The van der Waals surface area contributed by atoms with E-state index in [9.17, 15) is 17.6 Å². The number of benzene rings is 1. The molecule has 1 atom stereocenters. The molecule has 0 aromatic heterocycles. The summed E-state index contributed by atoms with van der Waals surface area (Å²) in [5.41, 5.74) is 2.75. The monoisotopic (exact) mass is 300 g/mol. The van der Waals surface area contributed by atoms with Crippen LogP contribution in [0.15, 0.2) is 18.2 Å². The van der Waals surface area contributed by atoms with Gasteiger partial charge >= 0.3 is 6.18 Å². The van der Waals surface area contributed by atoms with Crippen molar-refractivity contribution in [2.24, 2.45) is 5.84 Å². The quantitative estimate of drug-likeness (QED) is 0.482. The third-order valence-electron chi connectivity index (χ3n) is 2.29. The van der Waals surface area contributed by atoms with Crippen molar-refractivity contribution in [3.8, 4) is 0 Å². The maximum Gasteiger partial charge on any atom is 0.411 e. The minimum absolute atomic E-state index is 0.158. The summed E-state index contributed by atoms with van der Waals surface area (Å²) in [6.45, 7) is -1.62. The molecule has 0 radical (unpaired) electrons. The molecule has 0 bridgehead atoms. The van der Waals surface area contributed by atoms with Gasteiger partial charge < -0.3 is 4.74 Å². The van der Waals surface area contributed by atoms with Crippen molar-refractivity contribution in [3.63, 3.8) is 0 Å². The van der Waals surface area contributed by atoms with E-state index in [1.165, 1.54) is 18.2 Å². The summed E-state index contributed by atoms with van der Waals surface area (Å²) in [7, 11) is 0. The van der Waals surface area contributed by atoms with Crippen molar-refractivity contribution >= 4 is 11.6 Å². The van der Waals surface area contributed by atoms with Crippen LogP contribution in [0.4, 0.5) is 17.6 Å². The highest BCUT2D eigenvalue weighted by molar-refractivity contribution is 6.31. The Kier molecular flexibility index (Phi) is 5.99. The van der Waals surface area contributed by atoms with Crippen molar-refractivity contribution in [1.82, 2.24) is 5.43 Å².